The van der Waals surface area contributed by atoms with E-state index in [4.69, 9.17) is 15.2 Å². The smallest absolute Gasteiger partial charge is 0.161 e. The van der Waals surface area contributed by atoms with Gasteiger partial charge in [0.1, 0.15) is 0 Å². The topological polar surface area (TPSA) is 44.5 Å². The molecule has 1 aliphatic carbocycles. The standard InChI is InChI=1S/C16H25NO2/c1-18-16-12-13(6-4-5-11-17)9-10-15(16)19-14-7-2-3-8-14/h9-10,12,14H,2-8,11,17H2,1H3. The van der Waals surface area contributed by atoms with Crippen molar-refractivity contribution in [3.8, 4) is 11.5 Å². The number of aryl methyl sites for hydroxylation is 1. The van der Waals surface area contributed by atoms with E-state index in [2.05, 4.69) is 18.2 Å². The molecule has 0 aliphatic heterocycles. The highest BCUT2D eigenvalue weighted by atomic mass is 16.5. The first kappa shape index (κ1) is 14.2. The van der Waals surface area contributed by atoms with Crippen LogP contribution in [0.3, 0.4) is 0 Å². The Hall–Kier alpha value is -1.22. The molecule has 0 saturated heterocycles. The van der Waals surface area contributed by atoms with Crippen LogP contribution in [0.4, 0.5) is 0 Å². The second-order valence-electron chi connectivity index (χ2n) is 5.26. The molecule has 3 heteroatoms. The Morgan fingerprint density at radius 3 is 2.63 bits per heavy atom. The van der Waals surface area contributed by atoms with Crippen molar-refractivity contribution in [1.29, 1.82) is 0 Å². The summed E-state index contributed by atoms with van der Waals surface area (Å²) >= 11 is 0. The predicted molar refractivity (Wildman–Crippen MR) is 77.9 cm³/mol. The van der Waals surface area contributed by atoms with Crippen LogP contribution >= 0.6 is 0 Å². The van der Waals surface area contributed by atoms with Crippen LogP contribution in [0.15, 0.2) is 18.2 Å². The molecule has 0 atom stereocenters. The predicted octanol–water partition coefficient (Wildman–Crippen LogP) is 3.30. The van der Waals surface area contributed by atoms with Crippen LogP contribution < -0.4 is 15.2 Å². The molecule has 0 aromatic heterocycles. The van der Waals surface area contributed by atoms with Crippen molar-refractivity contribution in [2.45, 2.75) is 51.0 Å². The van der Waals surface area contributed by atoms with Gasteiger partial charge in [-0.1, -0.05) is 6.07 Å². The number of benzene rings is 1. The molecule has 19 heavy (non-hydrogen) atoms. The molecule has 106 valence electrons. The summed E-state index contributed by atoms with van der Waals surface area (Å²) in [6.07, 6.45) is 8.52. The zero-order chi connectivity index (χ0) is 13.5. The summed E-state index contributed by atoms with van der Waals surface area (Å²) in [7, 11) is 1.71. The summed E-state index contributed by atoms with van der Waals surface area (Å²) in [5.74, 6) is 1.74. The van der Waals surface area contributed by atoms with Crippen molar-refractivity contribution in [2.24, 2.45) is 5.73 Å². The lowest BCUT2D eigenvalue weighted by Gasteiger charge is -2.16. The third kappa shape index (κ3) is 4.13. The lowest BCUT2D eigenvalue weighted by atomic mass is 10.1. The van der Waals surface area contributed by atoms with E-state index in [1.807, 2.05) is 0 Å². The van der Waals surface area contributed by atoms with Gasteiger partial charge in [0.15, 0.2) is 11.5 Å². The van der Waals surface area contributed by atoms with Crippen LogP contribution in [0.5, 0.6) is 11.5 Å². The fraction of sp³-hybridized carbons (Fsp3) is 0.625. The third-order valence-electron chi connectivity index (χ3n) is 3.74. The number of methoxy groups -OCH3 is 1. The van der Waals surface area contributed by atoms with Gasteiger partial charge in [0.2, 0.25) is 0 Å². The molecule has 1 aromatic carbocycles. The first-order valence-electron chi connectivity index (χ1n) is 7.37. The molecular weight excluding hydrogens is 238 g/mol. The largest absolute Gasteiger partial charge is 0.493 e. The van der Waals surface area contributed by atoms with Gasteiger partial charge in [0.25, 0.3) is 0 Å². The van der Waals surface area contributed by atoms with Crippen molar-refractivity contribution < 1.29 is 9.47 Å². The van der Waals surface area contributed by atoms with E-state index in [0.717, 1.165) is 37.3 Å². The monoisotopic (exact) mass is 263 g/mol. The summed E-state index contributed by atoms with van der Waals surface area (Å²) in [5, 5.41) is 0. The van der Waals surface area contributed by atoms with Crippen LogP contribution in [-0.4, -0.2) is 19.8 Å². The Bertz CT molecular complexity index is 386. The van der Waals surface area contributed by atoms with Crippen LogP contribution in [0.1, 0.15) is 44.1 Å². The van der Waals surface area contributed by atoms with E-state index in [1.54, 1.807) is 7.11 Å². The molecule has 1 aliphatic rings. The number of unbranched alkanes of at least 4 members (excludes halogenated alkanes) is 1. The van der Waals surface area contributed by atoms with Crippen molar-refractivity contribution >= 4 is 0 Å². The van der Waals surface area contributed by atoms with E-state index < -0.39 is 0 Å². The van der Waals surface area contributed by atoms with E-state index in [1.165, 1.54) is 31.2 Å². The molecule has 1 aromatic rings. The molecular formula is C16H25NO2. The number of hydrogen-bond acceptors (Lipinski definition) is 3. The molecule has 1 fully saturated rings. The summed E-state index contributed by atoms with van der Waals surface area (Å²) in [4.78, 5) is 0. The van der Waals surface area contributed by atoms with Crippen molar-refractivity contribution in [1.82, 2.24) is 0 Å². The van der Waals surface area contributed by atoms with Crippen molar-refractivity contribution in [2.75, 3.05) is 13.7 Å². The average Bonchev–Trinajstić information content (AvgIpc) is 2.93. The van der Waals surface area contributed by atoms with Gasteiger partial charge >= 0.3 is 0 Å². The Morgan fingerprint density at radius 2 is 1.95 bits per heavy atom. The van der Waals surface area contributed by atoms with Gasteiger partial charge in [-0.05, 0) is 69.2 Å². The van der Waals surface area contributed by atoms with Crippen LogP contribution in [0, 0.1) is 0 Å². The number of nitrogens with two attached hydrogens (primary N) is 1. The minimum atomic E-state index is 0.372. The summed E-state index contributed by atoms with van der Waals surface area (Å²) in [5.41, 5.74) is 6.81. The fourth-order valence-electron chi connectivity index (χ4n) is 2.62. The maximum atomic E-state index is 6.03. The molecule has 3 nitrogen and oxygen atoms in total. The third-order valence-corrected chi connectivity index (χ3v) is 3.74. The number of ether oxygens (including phenoxy) is 2. The van der Waals surface area contributed by atoms with E-state index >= 15 is 0 Å². The van der Waals surface area contributed by atoms with Gasteiger partial charge in [-0.2, -0.15) is 0 Å². The SMILES string of the molecule is COc1cc(CCCCN)ccc1OC1CCCC1. The minimum absolute atomic E-state index is 0.372. The number of rotatable bonds is 7. The first-order chi connectivity index (χ1) is 9.33. The van der Waals surface area contributed by atoms with Gasteiger partial charge in [0.05, 0.1) is 13.2 Å². The van der Waals surface area contributed by atoms with Gasteiger partial charge < -0.3 is 15.2 Å². The Balaban J connectivity index is 1.98. The minimum Gasteiger partial charge on any atom is -0.493 e. The Morgan fingerprint density at radius 1 is 1.16 bits per heavy atom. The molecule has 0 radical (unpaired) electrons. The molecule has 2 rings (SSSR count). The van der Waals surface area contributed by atoms with Crippen molar-refractivity contribution in [3.63, 3.8) is 0 Å². The second kappa shape index (κ2) is 7.39. The summed E-state index contributed by atoms with van der Waals surface area (Å²) < 4.78 is 11.5. The number of hydrogen-bond donors (Lipinski definition) is 1. The van der Waals surface area contributed by atoms with Gasteiger partial charge in [0, 0.05) is 0 Å². The fourth-order valence-corrected chi connectivity index (χ4v) is 2.62. The average molecular weight is 263 g/mol. The Kier molecular flexibility index (Phi) is 5.52. The summed E-state index contributed by atoms with van der Waals surface area (Å²) in [6.45, 7) is 0.764. The zero-order valence-electron chi connectivity index (χ0n) is 11.9. The molecule has 2 N–H and O–H groups in total. The summed E-state index contributed by atoms with van der Waals surface area (Å²) in [6, 6.07) is 6.29. The highest BCUT2D eigenvalue weighted by Crippen LogP contribution is 2.32. The lowest BCUT2D eigenvalue weighted by Crippen LogP contribution is -2.11. The molecule has 0 heterocycles. The van der Waals surface area contributed by atoms with Gasteiger partial charge in [-0.15, -0.1) is 0 Å². The zero-order valence-corrected chi connectivity index (χ0v) is 11.9. The molecule has 1 saturated carbocycles. The van der Waals surface area contributed by atoms with Crippen LogP contribution in [0.2, 0.25) is 0 Å². The highest BCUT2D eigenvalue weighted by Gasteiger charge is 2.18. The molecule has 0 unspecified atom stereocenters. The second-order valence-corrected chi connectivity index (χ2v) is 5.26. The van der Waals surface area contributed by atoms with Crippen LogP contribution in [0.25, 0.3) is 0 Å². The van der Waals surface area contributed by atoms with Gasteiger partial charge in [-0.3, -0.25) is 0 Å². The molecule has 0 spiro atoms. The maximum Gasteiger partial charge on any atom is 0.161 e. The maximum absolute atomic E-state index is 6.03. The quantitative estimate of drug-likeness (QED) is 0.768. The first-order valence-corrected chi connectivity index (χ1v) is 7.37. The lowest BCUT2D eigenvalue weighted by molar-refractivity contribution is 0.200. The highest BCUT2D eigenvalue weighted by molar-refractivity contribution is 5.43. The van der Waals surface area contributed by atoms with E-state index in [-0.39, 0.29) is 0 Å². The Labute approximate surface area is 116 Å². The van der Waals surface area contributed by atoms with Crippen LogP contribution in [-0.2, 0) is 6.42 Å². The molecule has 0 amide bonds. The van der Waals surface area contributed by atoms with Gasteiger partial charge in [-0.25, -0.2) is 0 Å². The molecule has 0 bridgehead atoms. The normalized spacial score (nSPS) is 15.7. The van der Waals surface area contributed by atoms with E-state index in [0.29, 0.717) is 6.10 Å². The van der Waals surface area contributed by atoms with E-state index in [9.17, 15) is 0 Å². The van der Waals surface area contributed by atoms with Crippen molar-refractivity contribution in [3.05, 3.63) is 23.8 Å².